The van der Waals surface area contributed by atoms with Gasteiger partial charge in [-0.2, -0.15) is 0 Å². The number of sulfonamides is 1. The summed E-state index contributed by atoms with van der Waals surface area (Å²) in [6, 6.07) is 17.8. The maximum Gasteiger partial charge on any atom is 0.261 e. The van der Waals surface area contributed by atoms with E-state index in [1.165, 1.54) is 24.3 Å². The first-order chi connectivity index (χ1) is 14.7. The fourth-order valence-corrected chi connectivity index (χ4v) is 4.34. The SMILES string of the molecule is CN(C)Cc1ccccc1NC(=O)c1cccc(NS(=O)(=O)c2ccc(Cl)c(Cl)c2)c1. The Morgan fingerprint density at radius 3 is 2.39 bits per heavy atom. The molecule has 6 nitrogen and oxygen atoms in total. The number of anilines is 2. The fourth-order valence-electron chi connectivity index (χ4n) is 2.90. The number of rotatable bonds is 7. The molecule has 2 N–H and O–H groups in total. The molecule has 0 saturated carbocycles. The van der Waals surface area contributed by atoms with Crippen LogP contribution in [0.1, 0.15) is 15.9 Å². The third-order valence-corrected chi connectivity index (χ3v) is 6.45. The Morgan fingerprint density at radius 1 is 0.935 bits per heavy atom. The van der Waals surface area contributed by atoms with Crippen LogP contribution in [0.15, 0.2) is 71.6 Å². The van der Waals surface area contributed by atoms with Gasteiger partial charge in [0.25, 0.3) is 15.9 Å². The van der Waals surface area contributed by atoms with Gasteiger partial charge in [-0.3, -0.25) is 9.52 Å². The number of carbonyl (C=O) groups is 1. The van der Waals surface area contributed by atoms with Crippen molar-refractivity contribution in [2.45, 2.75) is 11.4 Å². The lowest BCUT2D eigenvalue weighted by Gasteiger charge is -2.15. The van der Waals surface area contributed by atoms with E-state index >= 15 is 0 Å². The molecule has 0 heterocycles. The topological polar surface area (TPSA) is 78.5 Å². The third kappa shape index (κ3) is 5.98. The Kier molecular flexibility index (Phi) is 7.23. The minimum Gasteiger partial charge on any atom is -0.322 e. The predicted octanol–water partition coefficient (Wildman–Crippen LogP) is 5.11. The Bertz CT molecular complexity index is 1210. The van der Waals surface area contributed by atoms with Gasteiger partial charge in [0.1, 0.15) is 0 Å². The number of carbonyl (C=O) groups excluding carboxylic acids is 1. The van der Waals surface area contributed by atoms with Crippen molar-refractivity contribution in [3.05, 3.63) is 87.9 Å². The molecule has 31 heavy (non-hydrogen) atoms. The number of nitrogens with zero attached hydrogens (tertiary/aromatic N) is 1. The maximum atomic E-state index is 12.8. The summed E-state index contributed by atoms with van der Waals surface area (Å²) in [5.74, 6) is -0.346. The van der Waals surface area contributed by atoms with Crippen molar-refractivity contribution in [1.29, 1.82) is 0 Å². The van der Waals surface area contributed by atoms with Crippen molar-refractivity contribution in [1.82, 2.24) is 4.90 Å². The summed E-state index contributed by atoms with van der Waals surface area (Å²) in [4.78, 5) is 14.8. The third-order valence-electron chi connectivity index (χ3n) is 4.33. The summed E-state index contributed by atoms with van der Waals surface area (Å²) in [5, 5.41) is 3.28. The van der Waals surface area contributed by atoms with Gasteiger partial charge in [0.2, 0.25) is 0 Å². The first-order valence-corrected chi connectivity index (χ1v) is 11.5. The molecule has 0 bridgehead atoms. The molecular formula is C22H21Cl2N3O3S. The highest BCUT2D eigenvalue weighted by Crippen LogP contribution is 2.26. The number of nitrogens with one attached hydrogen (secondary N) is 2. The quantitative estimate of drug-likeness (QED) is 0.495. The first kappa shape index (κ1) is 23.1. The van der Waals surface area contributed by atoms with Gasteiger partial charge < -0.3 is 10.2 Å². The summed E-state index contributed by atoms with van der Waals surface area (Å²) < 4.78 is 27.8. The van der Waals surface area contributed by atoms with E-state index in [2.05, 4.69) is 10.0 Å². The van der Waals surface area contributed by atoms with Gasteiger partial charge in [-0.1, -0.05) is 47.5 Å². The Labute approximate surface area is 191 Å². The second kappa shape index (κ2) is 9.70. The molecule has 0 radical (unpaired) electrons. The van der Waals surface area contributed by atoms with Crippen molar-refractivity contribution in [2.24, 2.45) is 0 Å². The van der Waals surface area contributed by atoms with Crippen LogP contribution in [0.25, 0.3) is 0 Å². The van der Waals surface area contributed by atoms with Gasteiger partial charge in [-0.05, 0) is 62.1 Å². The number of hydrogen-bond acceptors (Lipinski definition) is 4. The van der Waals surface area contributed by atoms with Crippen LogP contribution in [0.2, 0.25) is 10.0 Å². The Morgan fingerprint density at radius 2 is 1.68 bits per heavy atom. The molecule has 3 aromatic rings. The summed E-state index contributed by atoms with van der Waals surface area (Å²) in [5.41, 5.74) is 2.23. The number of hydrogen-bond donors (Lipinski definition) is 2. The van der Waals surface area contributed by atoms with Gasteiger partial charge in [0.05, 0.1) is 14.9 Å². The molecule has 0 aliphatic heterocycles. The van der Waals surface area contributed by atoms with Crippen LogP contribution in [0.3, 0.4) is 0 Å². The van der Waals surface area contributed by atoms with Crippen molar-refractivity contribution >= 4 is 50.5 Å². The zero-order valence-corrected chi connectivity index (χ0v) is 19.2. The largest absolute Gasteiger partial charge is 0.322 e. The number of para-hydroxylation sites is 1. The molecule has 0 atom stereocenters. The van der Waals surface area contributed by atoms with Crippen molar-refractivity contribution in [3.8, 4) is 0 Å². The molecule has 9 heteroatoms. The average Bonchev–Trinajstić information content (AvgIpc) is 2.71. The van der Waals surface area contributed by atoms with E-state index in [1.807, 2.05) is 43.3 Å². The van der Waals surface area contributed by atoms with Crippen molar-refractivity contribution in [3.63, 3.8) is 0 Å². The van der Waals surface area contributed by atoms with E-state index in [1.54, 1.807) is 18.2 Å². The predicted molar refractivity (Wildman–Crippen MR) is 125 cm³/mol. The van der Waals surface area contributed by atoms with Crippen molar-refractivity contribution in [2.75, 3.05) is 24.1 Å². The van der Waals surface area contributed by atoms with Gasteiger partial charge in [0, 0.05) is 23.5 Å². The van der Waals surface area contributed by atoms with Crippen LogP contribution in [0, 0.1) is 0 Å². The summed E-state index contributed by atoms with van der Waals surface area (Å²) in [6.45, 7) is 0.667. The highest BCUT2D eigenvalue weighted by molar-refractivity contribution is 7.92. The lowest BCUT2D eigenvalue weighted by atomic mass is 10.1. The molecule has 0 fully saturated rings. The van der Waals surface area contributed by atoms with E-state index in [4.69, 9.17) is 23.2 Å². The Hall–Kier alpha value is -2.58. The number of benzene rings is 3. The van der Waals surface area contributed by atoms with Crippen LogP contribution in [0.5, 0.6) is 0 Å². The lowest BCUT2D eigenvalue weighted by molar-refractivity contribution is 0.102. The molecule has 162 valence electrons. The minimum absolute atomic E-state index is 0.0330. The summed E-state index contributed by atoms with van der Waals surface area (Å²) in [7, 11) is -0.0115. The monoisotopic (exact) mass is 477 g/mol. The standard InChI is InChI=1S/C22H21Cl2N3O3S/c1-27(2)14-16-6-3-4-9-21(16)25-22(28)15-7-5-8-17(12-15)26-31(29,30)18-10-11-19(23)20(24)13-18/h3-13,26H,14H2,1-2H3,(H,25,28). The average molecular weight is 478 g/mol. The van der Waals surface area contributed by atoms with Gasteiger partial charge in [-0.25, -0.2) is 8.42 Å². The molecule has 3 rings (SSSR count). The zero-order chi connectivity index (χ0) is 22.6. The second-order valence-electron chi connectivity index (χ2n) is 7.11. The smallest absolute Gasteiger partial charge is 0.261 e. The second-order valence-corrected chi connectivity index (χ2v) is 9.61. The van der Waals surface area contributed by atoms with Crippen LogP contribution >= 0.6 is 23.2 Å². The molecule has 0 aliphatic rings. The van der Waals surface area contributed by atoms with E-state index in [-0.39, 0.29) is 26.5 Å². The van der Waals surface area contributed by atoms with E-state index in [9.17, 15) is 13.2 Å². The molecule has 0 spiro atoms. The highest BCUT2D eigenvalue weighted by atomic mass is 35.5. The van der Waals surface area contributed by atoms with Crippen LogP contribution in [-0.2, 0) is 16.6 Å². The molecular weight excluding hydrogens is 457 g/mol. The molecule has 0 aliphatic carbocycles. The molecule has 0 unspecified atom stereocenters. The maximum absolute atomic E-state index is 12.8. The van der Waals surface area contributed by atoms with Gasteiger partial charge in [0.15, 0.2) is 0 Å². The number of amides is 1. The summed E-state index contributed by atoms with van der Waals surface area (Å²) in [6.07, 6.45) is 0. The Balaban J connectivity index is 1.80. The van der Waals surface area contributed by atoms with Gasteiger partial charge in [-0.15, -0.1) is 0 Å². The lowest BCUT2D eigenvalue weighted by Crippen LogP contribution is -2.17. The molecule has 3 aromatic carbocycles. The van der Waals surface area contributed by atoms with E-state index < -0.39 is 10.0 Å². The first-order valence-electron chi connectivity index (χ1n) is 9.27. The highest BCUT2D eigenvalue weighted by Gasteiger charge is 2.17. The van der Waals surface area contributed by atoms with Crippen molar-refractivity contribution < 1.29 is 13.2 Å². The summed E-state index contributed by atoms with van der Waals surface area (Å²) >= 11 is 11.8. The van der Waals surface area contributed by atoms with Crippen LogP contribution < -0.4 is 10.0 Å². The normalized spacial score (nSPS) is 11.4. The van der Waals surface area contributed by atoms with Gasteiger partial charge >= 0.3 is 0 Å². The van der Waals surface area contributed by atoms with Crippen LogP contribution in [-0.4, -0.2) is 33.3 Å². The zero-order valence-electron chi connectivity index (χ0n) is 16.9. The molecule has 0 aromatic heterocycles. The van der Waals surface area contributed by atoms with E-state index in [0.29, 0.717) is 17.8 Å². The van der Waals surface area contributed by atoms with Crippen LogP contribution in [0.4, 0.5) is 11.4 Å². The minimum atomic E-state index is -3.90. The van der Waals surface area contributed by atoms with E-state index in [0.717, 1.165) is 5.56 Å². The molecule has 1 amide bonds. The fraction of sp³-hybridized carbons (Fsp3) is 0.136. The molecule has 0 saturated heterocycles. The number of halogens is 2.